The normalized spacial score (nSPS) is 12.5. The SMILES string of the molecule is CN[C@H](C#N)Cn1nnc(C)c1C. The number of nitrogens with zero attached hydrogens (tertiary/aromatic N) is 4. The molecule has 0 unspecified atom stereocenters. The third kappa shape index (κ3) is 2.04. The van der Waals surface area contributed by atoms with Crippen molar-refractivity contribution in [2.75, 3.05) is 7.05 Å². The van der Waals surface area contributed by atoms with E-state index in [0.29, 0.717) is 6.54 Å². The standard InChI is InChI=1S/C8H13N5/c1-6-7(2)13(12-11-6)5-8(4-9)10-3/h8,10H,5H2,1-3H3/t8-/m1/s1. The maximum atomic E-state index is 8.71. The second kappa shape index (κ2) is 4.01. The summed E-state index contributed by atoms with van der Waals surface area (Å²) in [7, 11) is 1.76. The lowest BCUT2D eigenvalue weighted by molar-refractivity contribution is 0.500. The zero-order valence-corrected chi connectivity index (χ0v) is 8.07. The summed E-state index contributed by atoms with van der Waals surface area (Å²) in [4.78, 5) is 0. The topological polar surface area (TPSA) is 66.5 Å². The van der Waals surface area contributed by atoms with Gasteiger partial charge < -0.3 is 5.32 Å². The number of aromatic nitrogens is 3. The Morgan fingerprint density at radius 2 is 2.31 bits per heavy atom. The van der Waals surface area contributed by atoms with Gasteiger partial charge in [-0.05, 0) is 20.9 Å². The van der Waals surface area contributed by atoms with Crippen molar-refractivity contribution in [1.29, 1.82) is 5.26 Å². The molecule has 1 atom stereocenters. The molecule has 5 heteroatoms. The largest absolute Gasteiger partial charge is 0.303 e. The number of hydrogen-bond donors (Lipinski definition) is 1. The Kier molecular flexibility index (Phi) is 2.98. The number of rotatable bonds is 3. The number of hydrogen-bond acceptors (Lipinski definition) is 4. The maximum absolute atomic E-state index is 8.71. The maximum Gasteiger partial charge on any atom is 0.115 e. The third-order valence-electron chi connectivity index (χ3n) is 2.07. The molecule has 0 saturated carbocycles. The summed E-state index contributed by atoms with van der Waals surface area (Å²) in [6.45, 7) is 4.39. The fourth-order valence-electron chi connectivity index (χ4n) is 0.990. The van der Waals surface area contributed by atoms with Gasteiger partial charge in [-0.25, -0.2) is 4.68 Å². The lowest BCUT2D eigenvalue weighted by Crippen LogP contribution is -2.29. The van der Waals surface area contributed by atoms with Crippen molar-refractivity contribution in [3.05, 3.63) is 11.4 Å². The van der Waals surface area contributed by atoms with Crippen molar-refractivity contribution in [2.24, 2.45) is 0 Å². The van der Waals surface area contributed by atoms with Crippen LogP contribution in [0.2, 0.25) is 0 Å². The minimum Gasteiger partial charge on any atom is -0.303 e. The van der Waals surface area contributed by atoms with Gasteiger partial charge in [0.05, 0.1) is 24.0 Å². The molecule has 13 heavy (non-hydrogen) atoms. The van der Waals surface area contributed by atoms with Gasteiger partial charge in [0.15, 0.2) is 0 Å². The zero-order chi connectivity index (χ0) is 9.84. The highest BCUT2D eigenvalue weighted by Crippen LogP contribution is 2.01. The number of nitrogens with one attached hydrogen (secondary N) is 1. The summed E-state index contributed by atoms with van der Waals surface area (Å²) in [5.74, 6) is 0. The molecule has 1 heterocycles. The van der Waals surface area contributed by atoms with Crippen molar-refractivity contribution >= 4 is 0 Å². The zero-order valence-electron chi connectivity index (χ0n) is 8.07. The average Bonchev–Trinajstić information content (AvgIpc) is 2.45. The highest BCUT2D eigenvalue weighted by Gasteiger charge is 2.09. The van der Waals surface area contributed by atoms with Gasteiger partial charge >= 0.3 is 0 Å². The van der Waals surface area contributed by atoms with Crippen LogP contribution in [0.4, 0.5) is 0 Å². The summed E-state index contributed by atoms with van der Waals surface area (Å²) < 4.78 is 1.74. The summed E-state index contributed by atoms with van der Waals surface area (Å²) in [6.07, 6.45) is 0. The molecule has 0 amide bonds. The van der Waals surface area contributed by atoms with Crippen LogP contribution in [0.25, 0.3) is 0 Å². The first-order valence-corrected chi connectivity index (χ1v) is 4.12. The first-order valence-electron chi connectivity index (χ1n) is 4.12. The number of nitriles is 1. The van der Waals surface area contributed by atoms with Crippen LogP contribution in [-0.4, -0.2) is 28.1 Å². The van der Waals surface area contributed by atoms with Crippen molar-refractivity contribution in [1.82, 2.24) is 20.3 Å². The average molecular weight is 179 g/mol. The number of aryl methyl sites for hydroxylation is 1. The monoisotopic (exact) mass is 179 g/mol. The van der Waals surface area contributed by atoms with Crippen LogP contribution in [0.5, 0.6) is 0 Å². The highest BCUT2D eigenvalue weighted by atomic mass is 15.4. The van der Waals surface area contributed by atoms with Crippen LogP contribution in [0.1, 0.15) is 11.4 Å². The van der Waals surface area contributed by atoms with Crippen molar-refractivity contribution in [3.8, 4) is 6.07 Å². The van der Waals surface area contributed by atoms with Gasteiger partial charge in [0, 0.05) is 0 Å². The Balaban J connectivity index is 2.75. The van der Waals surface area contributed by atoms with E-state index in [1.165, 1.54) is 0 Å². The Labute approximate surface area is 77.4 Å². The molecule has 1 rings (SSSR count). The van der Waals surface area contributed by atoms with Crippen LogP contribution >= 0.6 is 0 Å². The minimum atomic E-state index is -0.209. The van der Waals surface area contributed by atoms with E-state index in [-0.39, 0.29) is 6.04 Å². The Hall–Kier alpha value is -1.41. The molecule has 0 aliphatic rings. The molecule has 0 spiro atoms. The van der Waals surface area contributed by atoms with Gasteiger partial charge in [-0.15, -0.1) is 5.10 Å². The molecule has 5 nitrogen and oxygen atoms in total. The van der Waals surface area contributed by atoms with Crippen LogP contribution < -0.4 is 5.32 Å². The fourth-order valence-corrected chi connectivity index (χ4v) is 0.990. The van der Waals surface area contributed by atoms with E-state index in [1.807, 2.05) is 13.8 Å². The van der Waals surface area contributed by atoms with Gasteiger partial charge in [-0.2, -0.15) is 5.26 Å². The van der Waals surface area contributed by atoms with E-state index >= 15 is 0 Å². The summed E-state index contributed by atoms with van der Waals surface area (Å²) in [5, 5.41) is 19.4. The van der Waals surface area contributed by atoms with Crippen LogP contribution in [-0.2, 0) is 6.54 Å². The predicted octanol–water partition coefficient (Wildman–Crippen LogP) is 0.00652. The molecule has 70 valence electrons. The van der Waals surface area contributed by atoms with Crippen molar-refractivity contribution < 1.29 is 0 Å². The van der Waals surface area contributed by atoms with Gasteiger partial charge in [-0.3, -0.25) is 0 Å². The van der Waals surface area contributed by atoms with E-state index < -0.39 is 0 Å². The predicted molar refractivity (Wildman–Crippen MR) is 48.0 cm³/mol. The molecule has 1 aromatic rings. The molecular weight excluding hydrogens is 166 g/mol. The summed E-state index contributed by atoms with van der Waals surface area (Å²) in [5.41, 5.74) is 1.92. The lowest BCUT2D eigenvalue weighted by atomic mass is 10.3. The van der Waals surface area contributed by atoms with Gasteiger partial charge in [0.1, 0.15) is 6.04 Å². The molecule has 1 N–H and O–H groups in total. The molecule has 0 fully saturated rings. The molecule has 0 aromatic carbocycles. The first kappa shape index (κ1) is 9.68. The minimum absolute atomic E-state index is 0.209. The van der Waals surface area contributed by atoms with Crippen LogP contribution in [0.15, 0.2) is 0 Å². The van der Waals surface area contributed by atoms with Gasteiger partial charge in [0.25, 0.3) is 0 Å². The lowest BCUT2D eigenvalue weighted by Gasteiger charge is -2.07. The highest BCUT2D eigenvalue weighted by molar-refractivity contribution is 5.05. The summed E-state index contributed by atoms with van der Waals surface area (Å²) >= 11 is 0. The van der Waals surface area contributed by atoms with E-state index in [0.717, 1.165) is 11.4 Å². The molecule has 0 aliphatic carbocycles. The second-order valence-corrected chi connectivity index (χ2v) is 2.91. The quantitative estimate of drug-likeness (QED) is 0.709. The smallest absolute Gasteiger partial charge is 0.115 e. The van der Waals surface area contributed by atoms with E-state index in [9.17, 15) is 0 Å². The van der Waals surface area contributed by atoms with Gasteiger partial charge in [0.2, 0.25) is 0 Å². The molecule has 0 saturated heterocycles. The molecule has 0 bridgehead atoms. The van der Waals surface area contributed by atoms with E-state index in [4.69, 9.17) is 5.26 Å². The Morgan fingerprint density at radius 3 is 2.69 bits per heavy atom. The van der Waals surface area contributed by atoms with Crippen molar-refractivity contribution in [3.63, 3.8) is 0 Å². The van der Waals surface area contributed by atoms with Crippen LogP contribution in [0, 0.1) is 25.2 Å². The van der Waals surface area contributed by atoms with E-state index in [1.54, 1.807) is 11.7 Å². The second-order valence-electron chi connectivity index (χ2n) is 2.91. The van der Waals surface area contributed by atoms with Crippen LogP contribution in [0.3, 0.4) is 0 Å². The fraction of sp³-hybridized carbons (Fsp3) is 0.625. The Morgan fingerprint density at radius 1 is 1.62 bits per heavy atom. The molecular formula is C8H13N5. The molecule has 0 radical (unpaired) electrons. The Bertz CT molecular complexity index is 322. The molecule has 1 aromatic heterocycles. The third-order valence-corrected chi connectivity index (χ3v) is 2.07. The van der Waals surface area contributed by atoms with Gasteiger partial charge in [-0.1, -0.05) is 5.21 Å². The first-order chi connectivity index (χ1) is 6.19. The molecule has 0 aliphatic heterocycles. The van der Waals surface area contributed by atoms with Crippen molar-refractivity contribution in [2.45, 2.75) is 26.4 Å². The number of likely N-dealkylation sites (N-methyl/N-ethyl adjacent to an activating group) is 1. The van der Waals surface area contributed by atoms with E-state index in [2.05, 4.69) is 21.7 Å². The summed E-state index contributed by atoms with van der Waals surface area (Å²) in [6, 6.07) is 1.93.